The number of aromatic nitrogens is 2. The van der Waals surface area contributed by atoms with Crippen LogP contribution in [0, 0.1) is 0 Å². The summed E-state index contributed by atoms with van der Waals surface area (Å²) < 4.78 is 5.95. The number of amides is 2. The minimum Gasteiger partial charge on any atom is -0.495 e. The van der Waals surface area contributed by atoms with Crippen LogP contribution in [-0.2, 0) is 4.79 Å². The number of nitrogens with zero attached hydrogens (tertiary/aromatic N) is 2. The quantitative estimate of drug-likeness (QED) is 0.484. The van der Waals surface area contributed by atoms with Crippen molar-refractivity contribution in [1.29, 1.82) is 0 Å². The summed E-state index contributed by atoms with van der Waals surface area (Å²) in [5, 5.41) is 14.7. The number of para-hydroxylation sites is 2. The molecule has 0 bridgehead atoms. The van der Waals surface area contributed by atoms with Crippen LogP contribution in [-0.4, -0.2) is 34.9 Å². The van der Waals surface area contributed by atoms with Crippen molar-refractivity contribution >= 4 is 51.4 Å². The first-order chi connectivity index (χ1) is 13.5. The number of hydrogen-bond acceptors (Lipinski definition) is 8. The zero-order chi connectivity index (χ0) is 19.9. The number of ether oxygens (including phenoxy) is 1. The summed E-state index contributed by atoms with van der Waals surface area (Å²) in [4.78, 5) is 23.1. The second-order valence-electron chi connectivity index (χ2n) is 5.48. The number of nitrogens with two attached hydrogens (primary N) is 1. The molecule has 0 spiro atoms. The predicted molar refractivity (Wildman–Crippen MR) is 110 cm³/mol. The second kappa shape index (κ2) is 9.20. The number of nitrogens with one attached hydrogen (secondary N) is 2. The number of methoxy groups -OCH3 is 1. The maximum Gasteiger partial charge on any atom is 0.248 e. The number of rotatable bonds is 8. The van der Waals surface area contributed by atoms with E-state index in [1.54, 1.807) is 31.4 Å². The molecule has 1 heterocycles. The lowest BCUT2D eigenvalue weighted by Gasteiger charge is -2.07. The third-order valence-electron chi connectivity index (χ3n) is 3.53. The van der Waals surface area contributed by atoms with Gasteiger partial charge in [-0.05, 0) is 36.4 Å². The zero-order valence-electron chi connectivity index (χ0n) is 14.8. The third-order valence-corrected chi connectivity index (χ3v) is 5.51. The molecule has 0 aliphatic heterocycles. The number of benzene rings is 2. The van der Waals surface area contributed by atoms with Crippen LogP contribution in [0.3, 0.4) is 0 Å². The minimum atomic E-state index is -0.512. The van der Waals surface area contributed by atoms with E-state index in [0.717, 1.165) is 5.69 Å². The van der Waals surface area contributed by atoms with Crippen molar-refractivity contribution in [2.75, 3.05) is 23.5 Å². The van der Waals surface area contributed by atoms with Gasteiger partial charge in [-0.2, -0.15) is 0 Å². The molecule has 0 unspecified atom stereocenters. The van der Waals surface area contributed by atoms with Crippen LogP contribution >= 0.6 is 23.1 Å². The molecule has 0 fully saturated rings. The van der Waals surface area contributed by atoms with Gasteiger partial charge in [0, 0.05) is 11.3 Å². The van der Waals surface area contributed by atoms with Crippen LogP contribution in [0.2, 0.25) is 0 Å². The first kappa shape index (κ1) is 19.6. The molecule has 0 saturated heterocycles. The number of thioether (sulfide) groups is 1. The summed E-state index contributed by atoms with van der Waals surface area (Å²) in [7, 11) is 1.60. The Kier molecular flexibility index (Phi) is 6.45. The molecule has 0 aliphatic rings. The summed E-state index contributed by atoms with van der Waals surface area (Å²) in [5.74, 6) is 0.183. The molecule has 8 nitrogen and oxygen atoms in total. The topological polar surface area (TPSA) is 119 Å². The molecule has 0 radical (unpaired) electrons. The molecule has 1 aromatic heterocycles. The molecule has 3 aromatic rings. The van der Waals surface area contributed by atoms with Crippen LogP contribution in [0.15, 0.2) is 52.9 Å². The number of hydrogen-bond donors (Lipinski definition) is 3. The fraction of sp³-hybridized carbons (Fsp3) is 0.111. The summed E-state index contributed by atoms with van der Waals surface area (Å²) in [6.45, 7) is 0. The van der Waals surface area contributed by atoms with Gasteiger partial charge >= 0.3 is 0 Å². The lowest BCUT2D eigenvalue weighted by Crippen LogP contribution is -2.14. The molecule has 2 amide bonds. The van der Waals surface area contributed by atoms with E-state index in [0.29, 0.717) is 26.5 Å². The molecular weight excluding hydrogens is 398 g/mol. The van der Waals surface area contributed by atoms with Gasteiger partial charge in [0.15, 0.2) is 4.34 Å². The van der Waals surface area contributed by atoms with Crippen molar-refractivity contribution in [1.82, 2.24) is 10.2 Å². The fourth-order valence-electron chi connectivity index (χ4n) is 2.22. The Morgan fingerprint density at radius 1 is 1.14 bits per heavy atom. The Labute approximate surface area is 169 Å². The number of carbonyl (C=O) groups is 2. The van der Waals surface area contributed by atoms with Crippen LogP contribution in [0.5, 0.6) is 5.75 Å². The van der Waals surface area contributed by atoms with Gasteiger partial charge in [-0.3, -0.25) is 9.59 Å². The molecule has 144 valence electrons. The molecule has 0 atom stereocenters. The highest BCUT2D eigenvalue weighted by atomic mass is 32.2. The van der Waals surface area contributed by atoms with E-state index >= 15 is 0 Å². The lowest BCUT2D eigenvalue weighted by atomic mass is 10.2. The zero-order valence-corrected chi connectivity index (χ0v) is 16.5. The van der Waals surface area contributed by atoms with Gasteiger partial charge in [-0.15, -0.1) is 10.2 Å². The molecule has 4 N–H and O–H groups in total. The highest BCUT2D eigenvalue weighted by molar-refractivity contribution is 8.01. The van der Waals surface area contributed by atoms with Gasteiger partial charge in [0.25, 0.3) is 0 Å². The van der Waals surface area contributed by atoms with E-state index in [9.17, 15) is 9.59 Å². The van der Waals surface area contributed by atoms with Crippen LogP contribution < -0.4 is 21.1 Å². The SMILES string of the molecule is COc1ccccc1Nc1nnc(SCC(=O)Nc2ccc(C(N)=O)cc2)s1. The van der Waals surface area contributed by atoms with Gasteiger partial charge in [0.2, 0.25) is 16.9 Å². The highest BCUT2D eigenvalue weighted by Gasteiger charge is 2.10. The summed E-state index contributed by atoms with van der Waals surface area (Å²) in [5.41, 5.74) is 6.95. The Bertz CT molecular complexity index is 975. The van der Waals surface area contributed by atoms with E-state index in [2.05, 4.69) is 20.8 Å². The Morgan fingerprint density at radius 3 is 2.61 bits per heavy atom. The molecule has 28 heavy (non-hydrogen) atoms. The highest BCUT2D eigenvalue weighted by Crippen LogP contribution is 2.31. The fourth-order valence-corrected chi connectivity index (χ4v) is 3.79. The smallest absolute Gasteiger partial charge is 0.248 e. The average Bonchev–Trinajstić information content (AvgIpc) is 3.14. The van der Waals surface area contributed by atoms with Crippen LogP contribution in [0.4, 0.5) is 16.5 Å². The first-order valence-electron chi connectivity index (χ1n) is 8.11. The van der Waals surface area contributed by atoms with E-state index in [1.807, 2.05) is 24.3 Å². The van der Waals surface area contributed by atoms with E-state index in [-0.39, 0.29) is 11.7 Å². The molecule has 0 saturated carbocycles. The summed E-state index contributed by atoms with van der Waals surface area (Å²) in [6.07, 6.45) is 0. The Hall–Kier alpha value is -3.11. The first-order valence-corrected chi connectivity index (χ1v) is 9.91. The number of primary amides is 1. The minimum absolute atomic E-state index is 0.181. The van der Waals surface area contributed by atoms with Gasteiger partial charge in [0.1, 0.15) is 5.75 Å². The van der Waals surface area contributed by atoms with E-state index in [1.165, 1.54) is 23.1 Å². The Morgan fingerprint density at radius 2 is 1.89 bits per heavy atom. The maximum atomic E-state index is 12.1. The molecule has 3 rings (SSSR count). The molecule has 2 aromatic carbocycles. The standard InChI is InChI=1S/C18H17N5O3S2/c1-26-14-5-3-2-4-13(14)21-17-22-23-18(28-17)27-10-15(24)20-12-8-6-11(7-9-12)16(19)25/h2-9H,10H2,1H3,(H2,19,25)(H,20,24)(H,21,22). The Balaban J connectivity index is 1.52. The van der Waals surface area contributed by atoms with Crippen molar-refractivity contribution in [3.63, 3.8) is 0 Å². The van der Waals surface area contributed by atoms with Gasteiger partial charge in [0.05, 0.1) is 18.6 Å². The van der Waals surface area contributed by atoms with Crippen molar-refractivity contribution in [3.8, 4) is 5.75 Å². The number of anilines is 3. The second-order valence-corrected chi connectivity index (χ2v) is 7.68. The molecule has 0 aliphatic carbocycles. The normalized spacial score (nSPS) is 10.3. The monoisotopic (exact) mass is 415 g/mol. The van der Waals surface area contributed by atoms with Gasteiger partial charge < -0.3 is 21.1 Å². The largest absolute Gasteiger partial charge is 0.495 e. The van der Waals surface area contributed by atoms with Crippen molar-refractivity contribution in [2.45, 2.75) is 4.34 Å². The van der Waals surface area contributed by atoms with Gasteiger partial charge in [-0.25, -0.2) is 0 Å². The van der Waals surface area contributed by atoms with Crippen molar-refractivity contribution in [2.24, 2.45) is 5.73 Å². The summed E-state index contributed by atoms with van der Waals surface area (Å²) in [6, 6.07) is 13.9. The predicted octanol–water partition coefficient (Wildman–Crippen LogP) is 3.12. The third kappa shape index (κ3) is 5.21. The van der Waals surface area contributed by atoms with Gasteiger partial charge in [-0.1, -0.05) is 35.2 Å². The summed E-state index contributed by atoms with van der Waals surface area (Å²) >= 11 is 2.63. The van der Waals surface area contributed by atoms with Crippen LogP contribution in [0.25, 0.3) is 0 Å². The molecular formula is C18H17N5O3S2. The average molecular weight is 416 g/mol. The maximum absolute atomic E-state index is 12.1. The van der Waals surface area contributed by atoms with E-state index < -0.39 is 5.91 Å². The van der Waals surface area contributed by atoms with E-state index in [4.69, 9.17) is 10.5 Å². The van der Waals surface area contributed by atoms with Crippen LogP contribution in [0.1, 0.15) is 10.4 Å². The van der Waals surface area contributed by atoms with Crippen molar-refractivity contribution < 1.29 is 14.3 Å². The molecule has 10 heteroatoms. The van der Waals surface area contributed by atoms with Crippen molar-refractivity contribution in [3.05, 3.63) is 54.1 Å². The number of carbonyl (C=O) groups excluding carboxylic acids is 2. The lowest BCUT2D eigenvalue weighted by molar-refractivity contribution is -0.113.